The molecule has 1 fully saturated rings. The van der Waals surface area contributed by atoms with Crippen molar-refractivity contribution in [2.24, 2.45) is 0 Å². The van der Waals surface area contributed by atoms with Gasteiger partial charge < -0.3 is 21.5 Å². The van der Waals surface area contributed by atoms with Crippen LogP contribution in [0.3, 0.4) is 0 Å². The molecular formula is C15H23N3O2. The van der Waals surface area contributed by atoms with Crippen molar-refractivity contribution in [2.75, 3.05) is 24.1 Å². The van der Waals surface area contributed by atoms with E-state index in [1.54, 1.807) is 18.2 Å². The highest BCUT2D eigenvalue weighted by atomic mass is 16.3. The lowest BCUT2D eigenvalue weighted by atomic mass is 10.0. The summed E-state index contributed by atoms with van der Waals surface area (Å²) >= 11 is 0. The molecule has 5 nitrogen and oxygen atoms in total. The lowest BCUT2D eigenvalue weighted by Crippen LogP contribution is -2.33. The Morgan fingerprint density at radius 3 is 2.75 bits per heavy atom. The first-order valence-corrected chi connectivity index (χ1v) is 7.18. The molecule has 2 rings (SSSR count). The molecular weight excluding hydrogens is 254 g/mol. The SMILES string of the molecule is CCNC(=O)c1ccc(N)c(NCC2(O)CCCC2)c1. The molecule has 0 radical (unpaired) electrons. The number of aliphatic hydroxyl groups is 1. The lowest BCUT2D eigenvalue weighted by Gasteiger charge is -2.23. The van der Waals surface area contributed by atoms with Gasteiger partial charge in [-0.15, -0.1) is 0 Å². The summed E-state index contributed by atoms with van der Waals surface area (Å²) in [5.74, 6) is -0.116. The average Bonchev–Trinajstić information content (AvgIpc) is 2.85. The first-order valence-electron chi connectivity index (χ1n) is 7.18. The molecule has 1 saturated carbocycles. The second-order valence-corrected chi connectivity index (χ2v) is 5.45. The molecule has 5 heteroatoms. The molecule has 0 aliphatic heterocycles. The summed E-state index contributed by atoms with van der Waals surface area (Å²) in [7, 11) is 0. The number of nitrogens with one attached hydrogen (secondary N) is 2. The minimum absolute atomic E-state index is 0.116. The Morgan fingerprint density at radius 1 is 1.40 bits per heavy atom. The fraction of sp³-hybridized carbons (Fsp3) is 0.533. The Bertz CT molecular complexity index is 482. The topological polar surface area (TPSA) is 87.4 Å². The van der Waals surface area contributed by atoms with Gasteiger partial charge in [-0.1, -0.05) is 12.8 Å². The second kappa shape index (κ2) is 6.13. The van der Waals surface area contributed by atoms with Crippen LogP contribution in [0.1, 0.15) is 43.0 Å². The lowest BCUT2D eigenvalue weighted by molar-refractivity contribution is 0.0615. The predicted molar refractivity (Wildman–Crippen MR) is 80.8 cm³/mol. The molecule has 20 heavy (non-hydrogen) atoms. The van der Waals surface area contributed by atoms with Gasteiger partial charge >= 0.3 is 0 Å². The summed E-state index contributed by atoms with van der Waals surface area (Å²) in [5.41, 5.74) is 7.13. The van der Waals surface area contributed by atoms with Crippen LogP contribution in [-0.4, -0.2) is 29.7 Å². The van der Waals surface area contributed by atoms with E-state index in [1.807, 2.05) is 6.92 Å². The van der Waals surface area contributed by atoms with Crippen molar-refractivity contribution >= 4 is 17.3 Å². The van der Waals surface area contributed by atoms with Crippen molar-refractivity contribution < 1.29 is 9.90 Å². The van der Waals surface area contributed by atoms with Crippen LogP contribution in [0, 0.1) is 0 Å². The molecule has 1 aromatic rings. The number of nitrogen functional groups attached to an aromatic ring is 1. The molecule has 0 unspecified atom stereocenters. The van der Waals surface area contributed by atoms with E-state index in [2.05, 4.69) is 10.6 Å². The molecule has 1 amide bonds. The first-order chi connectivity index (χ1) is 9.54. The van der Waals surface area contributed by atoms with Crippen molar-refractivity contribution in [2.45, 2.75) is 38.2 Å². The van der Waals surface area contributed by atoms with Gasteiger partial charge in [-0.2, -0.15) is 0 Å². The third-order valence-corrected chi connectivity index (χ3v) is 3.79. The number of amides is 1. The smallest absolute Gasteiger partial charge is 0.251 e. The number of hydrogen-bond acceptors (Lipinski definition) is 4. The van der Waals surface area contributed by atoms with Crippen LogP contribution in [0.15, 0.2) is 18.2 Å². The van der Waals surface area contributed by atoms with Crippen LogP contribution in [0.4, 0.5) is 11.4 Å². The average molecular weight is 277 g/mol. The molecule has 0 aromatic heterocycles. The van der Waals surface area contributed by atoms with E-state index in [0.29, 0.717) is 30.0 Å². The maximum atomic E-state index is 11.8. The third kappa shape index (κ3) is 3.42. The molecule has 110 valence electrons. The second-order valence-electron chi connectivity index (χ2n) is 5.45. The maximum absolute atomic E-state index is 11.8. The largest absolute Gasteiger partial charge is 0.397 e. The summed E-state index contributed by atoms with van der Waals surface area (Å²) in [6.45, 7) is 2.94. The van der Waals surface area contributed by atoms with Gasteiger partial charge in [0.25, 0.3) is 5.91 Å². The molecule has 1 aromatic carbocycles. The number of anilines is 2. The Balaban J connectivity index is 2.06. The van der Waals surface area contributed by atoms with Gasteiger partial charge in [0.2, 0.25) is 0 Å². The zero-order chi connectivity index (χ0) is 14.6. The quantitative estimate of drug-likeness (QED) is 0.617. The zero-order valence-electron chi connectivity index (χ0n) is 11.9. The number of benzene rings is 1. The summed E-state index contributed by atoms with van der Waals surface area (Å²) in [5, 5.41) is 16.3. The van der Waals surface area contributed by atoms with E-state index in [4.69, 9.17) is 5.73 Å². The Labute approximate surface area is 119 Å². The van der Waals surface area contributed by atoms with Crippen molar-refractivity contribution in [3.8, 4) is 0 Å². The minimum Gasteiger partial charge on any atom is -0.397 e. The molecule has 1 aliphatic rings. The van der Waals surface area contributed by atoms with Crippen LogP contribution in [-0.2, 0) is 0 Å². The zero-order valence-corrected chi connectivity index (χ0v) is 11.9. The molecule has 1 aliphatic carbocycles. The van der Waals surface area contributed by atoms with Crippen LogP contribution in [0.5, 0.6) is 0 Å². The van der Waals surface area contributed by atoms with Crippen molar-refractivity contribution in [1.29, 1.82) is 0 Å². The molecule has 0 bridgehead atoms. The van der Waals surface area contributed by atoms with Crippen LogP contribution >= 0.6 is 0 Å². The van der Waals surface area contributed by atoms with Crippen molar-refractivity contribution in [1.82, 2.24) is 5.32 Å². The third-order valence-electron chi connectivity index (χ3n) is 3.79. The predicted octanol–water partition coefficient (Wildman–Crippen LogP) is 1.74. The number of nitrogens with two attached hydrogens (primary N) is 1. The summed E-state index contributed by atoms with van der Waals surface area (Å²) in [4.78, 5) is 11.8. The monoisotopic (exact) mass is 277 g/mol. The normalized spacial score (nSPS) is 16.9. The molecule has 0 atom stereocenters. The minimum atomic E-state index is -0.645. The van der Waals surface area contributed by atoms with Gasteiger partial charge in [0.05, 0.1) is 17.0 Å². The fourth-order valence-corrected chi connectivity index (χ4v) is 2.58. The summed E-state index contributed by atoms with van der Waals surface area (Å²) in [6, 6.07) is 5.15. The standard InChI is InChI=1S/C15H23N3O2/c1-2-17-14(19)11-5-6-12(16)13(9-11)18-10-15(20)7-3-4-8-15/h5-6,9,18,20H,2-4,7-8,10,16H2,1H3,(H,17,19). The molecule has 5 N–H and O–H groups in total. The highest BCUT2D eigenvalue weighted by Gasteiger charge is 2.30. The first kappa shape index (κ1) is 14.7. The van der Waals surface area contributed by atoms with Crippen LogP contribution < -0.4 is 16.4 Å². The van der Waals surface area contributed by atoms with E-state index in [9.17, 15) is 9.90 Å². The van der Waals surface area contributed by atoms with Gasteiger partial charge in [-0.3, -0.25) is 4.79 Å². The number of rotatable bonds is 5. The van der Waals surface area contributed by atoms with Gasteiger partial charge in [0, 0.05) is 18.7 Å². The number of carbonyl (C=O) groups excluding carboxylic acids is 1. The Hall–Kier alpha value is -1.75. The van der Waals surface area contributed by atoms with Gasteiger partial charge in [0.15, 0.2) is 0 Å². The van der Waals surface area contributed by atoms with E-state index < -0.39 is 5.60 Å². The van der Waals surface area contributed by atoms with E-state index in [1.165, 1.54) is 0 Å². The maximum Gasteiger partial charge on any atom is 0.251 e. The summed E-state index contributed by atoms with van der Waals surface area (Å²) < 4.78 is 0. The van der Waals surface area contributed by atoms with Gasteiger partial charge in [-0.05, 0) is 38.0 Å². The highest BCUT2D eigenvalue weighted by Crippen LogP contribution is 2.30. The fourth-order valence-electron chi connectivity index (χ4n) is 2.58. The van der Waals surface area contributed by atoms with Crippen molar-refractivity contribution in [3.05, 3.63) is 23.8 Å². The Kier molecular flexibility index (Phi) is 4.49. The van der Waals surface area contributed by atoms with Crippen LogP contribution in [0.2, 0.25) is 0 Å². The van der Waals surface area contributed by atoms with E-state index >= 15 is 0 Å². The number of hydrogen-bond donors (Lipinski definition) is 4. The van der Waals surface area contributed by atoms with Gasteiger partial charge in [0.1, 0.15) is 0 Å². The number of carbonyl (C=O) groups is 1. The van der Waals surface area contributed by atoms with Crippen molar-refractivity contribution in [3.63, 3.8) is 0 Å². The molecule has 0 heterocycles. The van der Waals surface area contributed by atoms with Crippen LogP contribution in [0.25, 0.3) is 0 Å². The molecule has 0 spiro atoms. The summed E-state index contributed by atoms with van der Waals surface area (Å²) in [6.07, 6.45) is 3.76. The Morgan fingerprint density at radius 2 is 2.10 bits per heavy atom. The van der Waals surface area contributed by atoms with E-state index in [-0.39, 0.29) is 5.91 Å². The van der Waals surface area contributed by atoms with E-state index in [0.717, 1.165) is 25.7 Å². The highest BCUT2D eigenvalue weighted by molar-refractivity contribution is 5.96. The van der Waals surface area contributed by atoms with Gasteiger partial charge in [-0.25, -0.2) is 0 Å². The molecule has 0 saturated heterocycles.